The van der Waals surface area contributed by atoms with E-state index in [0.717, 1.165) is 17.8 Å². The minimum atomic E-state index is -0.230. The minimum absolute atomic E-state index is 0.201. The summed E-state index contributed by atoms with van der Waals surface area (Å²) in [4.78, 5) is 16.5. The monoisotopic (exact) mass is 330 g/mol. The standard InChI is InChI=1S/C17H22N4O3/c1-12-4-3-5-14(19-12)17(22)18-10-15-16-13(6-8-24-15)11-21(20-16)7-9-23-2/h3-5,11,15H,6-10H2,1-2H3,(H,18,22). The maximum Gasteiger partial charge on any atom is 0.269 e. The van der Waals surface area contributed by atoms with Gasteiger partial charge in [0.25, 0.3) is 5.91 Å². The first-order valence-electron chi connectivity index (χ1n) is 8.06. The number of aryl methyl sites for hydroxylation is 1. The van der Waals surface area contributed by atoms with E-state index in [-0.39, 0.29) is 12.0 Å². The predicted octanol–water partition coefficient (Wildman–Crippen LogP) is 1.28. The molecule has 2 aromatic rings. The number of amides is 1. The molecule has 0 aromatic carbocycles. The highest BCUT2D eigenvalue weighted by molar-refractivity contribution is 5.92. The first-order valence-corrected chi connectivity index (χ1v) is 8.06. The van der Waals surface area contributed by atoms with Gasteiger partial charge in [-0.1, -0.05) is 6.07 Å². The van der Waals surface area contributed by atoms with Crippen molar-refractivity contribution in [3.63, 3.8) is 0 Å². The van der Waals surface area contributed by atoms with Crippen LogP contribution in [0.2, 0.25) is 0 Å². The number of rotatable bonds is 6. The Bertz CT molecular complexity index is 714. The van der Waals surface area contributed by atoms with Crippen molar-refractivity contribution in [3.05, 3.63) is 47.0 Å². The fourth-order valence-electron chi connectivity index (χ4n) is 2.73. The molecule has 0 aliphatic carbocycles. The lowest BCUT2D eigenvalue weighted by Crippen LogP contribution is -2.32. The fourth-order valence-corrected chi connectivity index (χ4v) is 2.73. The third-order valence-electron chi connectivity index (χ3n) is 3.96. The lowest BCUT2D eigenvalue weighted by atomic mass is 10.1. The molecule has 3 heterocycles. The van der Waals surface area contributed by atoms with Crippen LogP contribution in [0.25, 0.3) is 0 Å². The third-order valence-corrected chi connectivity index (χ3v) is 3.96. The van der Waals surface area contributed by atoms with E-state index in [0.29, 0.717) is 32.0 Å². The number of hydrogen-bond acceptors (Lipinski definition) is 5. The maximum absolute atomic E-state index is 12.2. The van der Waals surface area contributed by atoms with E-state index in [1.54, 1.807) is 13.2 Å². The Morgan fingerprint density at radius 1 is 1.50 bits per heavy atom. The summed E-state index contributed by atoms with van der Waals surface area (Å²) in [5.74, 6) is -0.201. The van der Waals surface area contributed by atoms with Crippen molar-refractivity contribution < 1.29 is 14.3 Å². The second kappa shape index (κ2) is 7.55. The summed E-state index contributed by atoms with van der Waals surface area (Å²) in [5.41, 5.74) is 3.30. The van der Waals surface area contributed by atoms with Crippen LogP contribution in [0.1, 0.15) is 33.5 Å². The zero-order chi connectivity index (χ0) is 16.9. The lowest BCUT2D eigenvalue weighted by molar-refractivity contribution is 0.0382. The Morgan fingerprint density at radius 3 is 3.17 bits per heavy atom. The smallest absolute Gasteiger partial charge is 0.269 e. The van der Waals surface area contributed by atoms with Crippen molar-refractivity contribution in [2.75, 3.05) is 26.9 Å². The number of methoxy groups -OCH3 is 1. The highest BCUT2D eigenvalue weighted by atomic mass is 16.5. The number of nitrogens with one attached hydrogen (secondary N) is 1. The third kappa shape index (κ3) is 3.80. The number of carbonyl (C=O) groups is 1. The van der Waals surface area contributed by atoms with Crippen LogP contribution in [0.5, 0.6) is 0 Å². The molecule has 0 spiro atoms. The van der Waals surface area contributed by atoms with Crippen LogP contribution < -0.4 is 5.32 Å². The molecule has 0 saturated carbocycles. The highest BCUT2D eigenvalue weighted by Crippen LogP contribution is 2.25. The van der Waals surface area contributed by atoms with Gasteiger partial charge in [0, 0.05) is 25.5 Å². The van der Waals surface area contributed by atoms with E-state index in [2.05, 4.69) is 15.4 Å². The number of fused-ring (bicyclic) bond motifs is 1. The van der Waals surface area contributed by atoms with Gasteiger partial charge in [-0.25, -0.2) is 4.98 Å². The molecule has 1 N–H and O–H groups in total. The van der Waals surface area contributed by atoms with E-state index in [9.17, 15) is 4.79 Å². The van der Waals surface area contributed by atoms with E-state index < -0.39 is 0 Å². The molecule has 2 aromatic heterocycles. The topological polar surface area (TPSA) is 78.3 Å². The predicted molar refractivity (Wildman–Crippen MR) is 87.8 cm³/mol. The Labute approximate surface area is 141 Å². The fraction of sp³-hybridized carbons (Fsp3) is 0.471. The number of aromatic nitrogens is 3. The SMILES string of the molecule is COCCn1cc2c(n1)C(CNC(=O)c1cccc(C)n1)OCC2. The Hall–Kier alpha value is -2.25. The van der Waals surface area contributed by atoms with E-state index in [1.807, 2.05) is 29.9 Å². The minimum Gasteiger partial charge on any atom is -0.383 e. The summed E-state index contributed by atoms with van der Waals surface area (Å²) in [7, 11) is 1.67. The molecule has 24 heavy (non-hydrogen) atoms. The van der Waals surface area contributed by atoms with Crippen molar-refractivity contribution in [1.82, 2.24) is 20.1 Å². The zero-order valence-corrected chi connectivity index (χ0v) is 14.0. The molecular formula is C17H22N4O3. The van der Waals surface area contributed by atoms with Gasteiger partial charge in [0.1, 0.15) is 11.8 Å². The molecular weight excluding hydrogens is 308 g/mol. The van der Waals surface area contributed by atoms with Gasteiger partial charge in [0.2, 0.25) is 0 Å². The largest absolute Gasteiger partial charge is 0.383 e. The Morgan fingerprint density at radius 2 is 2.38 bits per heavy atom. The van der Waals surface area contributed by atoms with Crippen LogP contribution in [-0.2, 0) is 22.4 Å². The number of hydrogen-bond donors (Lipinski definition) is 1. The van der Waals surface area contributed by atoms with E-state index in [4.69, 9.17) is 9.47 Å². The second-order valence-corrected chi connectivity index (χ2v) is 5.78. The summed E-state index contributed by atoms with van der Waals surface area (Å²) < 4.78 is 12.8. The normalized spacial score (nSPS) is 16.7. The first kappa shape index (κ1) is 16.6. The number of ether oxygens (including phenoxy) is 2. The van der Waals surface area contributed by atoms with Gasteiger partial charge in [0.05, 0.1) is 25.5 Å². The van der Waals surface area contributed by atoms with Gasteiger partial charge in [0.15, 0.2) is 0 Å². The van der Waals surface area contributed by atoms with Crippen molar-refractivity contribution in [3.8, 4) is 0 Å². The zero-order valence-electron chi connectivity index (χ0n) is 14.0. The number of carbonyl (C=O) groups excluding carboxylic acids is 1. The summed E-state index contributed by atoms with van der Waals surface area (Å²) in [6.45, 7) is 4.19. The average molecular weight is 330 g/mol. The Kier molecular flexibility index (Phi) is 5.22. The van der Waals surface area contributed by atoms with Crippen LogP contribution in [0.3, 0.4) is 0 Å². The summed E-state index contributed by atoms with van der Waals surface area (Å²) >= 11 is 0. The molecule has 1 aliphatic rings. The molecule has 128 valence electrons. The van der Waals surface area contributed by atoms with Gasteiger partial charge in [-0.3, -0.25) is 9.48 Å². The van der Waals surface area contributed by atoms with Crippen LogP contribution in [0.4, 0.5) is 0 Å². The molecule has 0 bridgehead atoms. The van der Waals surface area contributed by atoms with Crippen LogP contribution >= 0.6 is 0 Å². The molecule has 3 rings (SSSR count). The van der Waals surface area contributed by atoms with E-state index in [1.165, 1.54) is 5.56 Å². The van der Waals surface area contributed by atoms with Gasteiger partial charge in [-0.05, 0) is 31.0 Å². The Balaban J connectivity index is 1.64. The maximum atomic E-state index is 12.2. The van der Waals surface area contributed by atoms with Gasteiger partial charge < -0.3 is 14.8 Å². The van der Waals surface area contributed by atoms with Gasteiger partial charge in [-0.15, -0.1) is 0 Å². The van der Waals surface area contributed by atoms with Gasteiger partial charge >= 0.3 is 0 Å². The average Bonchev–Trinajstić information content (AvgIpc) is 3.01. The highest BCUT2D eigenvalue weighted by Gasteiger charge is 2.25. The molecule has 7 heteroatoms. The van der Waals surface area contributed by atoms with Crippen molar-refractivity contribution in [1.29, 1.82) is 0 Å². The summed E-state index contributed by atoms with van der Waals surface area (Å²) in [6, 6.07) is 5.39. The second-order valence-electron chi connectivity index (χ2n) is 5.78. The molecule has 1 unspecified atom stereocenters. The van der Waals surface area contributed by atoms with E-state index >= 15 is 0 Å². The van der Waals surface area contributed by atoms with Crippen molar-refractivity contribution in [2.45, 2.75) is 26.0 Å². The molecule has 1 atom stereocenters. The lowest BCUT2D eigenvalue weighted by Gasteiger charge is -2.22. The molecule has 0 saturated heterocycles. The molecule has 0 radical (unpaired) electrons. The molecule has 0 fully saturated rings. The van der Waals surface area contributed by atoms with Crippen molar-refractivity contribution in [2.24, 2.45) is 0 Å². The van der Waals surface area contributed by atoms with Crippen LogP contribution in [0, 0.1) is 6.92 Å². The summed E-state index contributed by atoms with van der Waals surface area (Å²) in [5, 5.41) is 7.47. The number of pyridine rings is 1. The molecule has 1 amide bonds. The first-order chi connectivity index (χ1) is 11.7. The quantitative estimate of drug-likeness (QED) is 0.863. The van der Waals surface area contributed by atoms with Crippen LogP contribution in [0.15, 0.2) is 24.4 Å². The molecule has 7 nitrogen and oxygen atoms in total. The van der Waals surface area contributed by atoms with Crippen LogP contribution in [-0.4, -0.2) is 47.5 Å². The molecule has 1 aliphatic heterocycles. The summed E-state index contributed by atoms with van der Waals surface area (Å²) in [6.07, 6.45) is 2.64. The van der Waals surface area contributed by atoms with Gasteiger partial charge in [-0.2, -0.15) is 5.10 Å². The number of nitrogens with zero attached hydrogens (tertiary/aromatic N) is 3. The van der Waals surface area contributed by atoms with Crippen molar-refractivity contribution >= 4 is 5.91 Å².